The molecule has 1 aromatic heterocycles. The Balaban J connectivity index is 3.34. The molecule has 0 aliphatic rings. The number of ether oxygens (including phenoxy) is 1. The number of esters is 1. The molecule has 0 saturated carbocycles. The summed E-state index contributed by atoms with van der Waals surface area (Å²) in [5.41, 5.74) is 1.52. The molecule has 0 fully saturated rings. The Hall–Kier alpha value is -1.33. The molecule has 1 unspecified atom stereocenters. The van der Waals surface area contributed by atoms with E-state index in [1.54, 1.807) is 12.4 Å². The SMILES string of the molecule is C=CCC(SC(CCC)=C(C(=O)OCC)c1cccnc1)[SiH](C)C. The van der Waals surface area contributed by atoms with Gasteiger partial charge in [0.25, 0.3) is 0 Å². The Morgan fingerprint density at radius 3 is 2.71 bits per heavy atom. The smallest absolute Gasteiger partial charge is 0.339 e. The van der Waals surface area contributed by atoms with E-state index in [0.717, 1.165) is 29.7 Å². The summed E-state index contributed by atoms with van der Waals surface area (Å²) in [5.74, 6) is -0.246. The number of hydrogen-bond donors (Lipinski definition) is 0. The van der Waals surface area contributed by atoms with Gasteiger partial charge in [-0.25, -0.2) is 4.79 Å². The number of rotatable bonds is 10. The number of carbonyl (C=O) groups is 1. The molecule has 5 heteroatoms. The summed E-state index contributed by atoms with van der Waals surface area (Å²) in [7, 11) is -0.877. The van der Waals surface area contributed by atoms with Crippen LogP contribution >= 0.6 is 11.8 Å². The second-order valence-electron chi connectivity index (χ2n) is 5.94. The van der Waals surface area contributed by atoms with Crippen LogP contribution in [0.2, 0.25) is 13.1 Å². The maximum absolute atomic E-state index is 12.6. The van der Waals surface area contributed by atoms with Gasteiger partial charge in [0.2, 0.25) is 0 Å². The summed E-state index contributed by atoms with van der Waals surface area (Å²) < 4.78 is 5.34. The van der Waals surface area contributed by atoms with Crippen LogP contribution in [-0.4, -0.2) is 31.2 Å². The fourth-order valence-corrected chi connectivity index (χ4v) is 5.94. The number of nitrogens with zero attached hydrogens (tertiary/aromatic N) is 1. The van der Waals surface area contributed by atoms with Gasteiger partial charge in [0.05, 0.1) is 12.2 Å². The first kappa shape index (κ1) is 20.7. The van der Waals surface area contributed by atoms with Crippen LogP contribution in [0.4, 0.5) is 0 Å². The highest BCUT2D eigenvalue weighted by Gasteiger charge is 2.23. The van der Waals surface area contributed by atoms with E-state index in [1.165, 1.54) is 0 Å². The Morgan fingerprint density at radius 1 is 1.46 bits per heavy atom. The van der Waals surface area contributed by atoms with Crippen molar-refractivity contribution in [3.05, 3.63) is 47.6 Å². The first-order valence-electron chi connectivity index (χ1n) is 8.63. The van der Waals surface area contributed by atoms with Crippen molar-refractivity contribution in [2.24, 2.45) is 0 Å². The molecule has 0 N–H and O–H groups in total. The van der Waals surface area contributed by atoms with Crippen molar-refractivity contribution in [3.63, 3.8) is 0 Å². The van der Waals surface area contributed by atoms with Crippen LogP contribution in [0.5, 0.6) is 0 Å². The van der Waals surface area contributed by atoms with Crippen molar-refractivity contribution < 1.29 is 9.53 Å². The monoisotopic (exact) mass is 363 g/mol. The lowest BCUT2D eigenvalue weighted by Gasteiger charge is -2.22. The van der Waals surface area contributed by atoms with Gasteiger partial charge in [-0.05, 0) is 30.7 Å². The number of pyridine rings is 1. The third-order valence-corrected chi connectivity index (χ3v) is 8.61. The molecule has 0 spiro atoms. The molecule has 3 nitrogen and oxygen atoms in total. The quantitative estimate of drug-likeness (QED) is 0.257. The zero-order valence-corrected chi connectivity index (χ0v) is 17.2. The van der Waals surface area contributed by atoms with Crippen LogP contribution in [-0.2, 0) is 9.53 Å². The Kier molecular flexibility index (Phi) is 9.72. The van der Waals surface area contributed by atoms with E-state index in [9.17, 15) is 4.79 Å². The molecule has 1 aromatic rings. The maximum Gasteiger partial charge on any atom is 0.339 e. The lowest BCUT2D eigenvalue weighted by atomic mass is 10.1. The summed E-state index contributed by atoms with van der Waals surface area (Å²) >= 11 is 1.85. The Bertz CT molecular complexity index is 558. The normalized spacial score (nSPS) is 13.4. The van der Waals surface area contributed by atoms with Gasteiger partial charge in [0, 0.05) is 31.6 Å². The molecule has 0 amide bonds. The zero-order valence-electron chi connectivity index (χ0n) is 15.2. The highest BCUT2D eigenvalue weighted by Crippen LogP contribution is 2.36. The van der Waals surface area contributed by atoms with E-state index in [0.29, 0.717) is 17.1 Å². The lowest BCUT2D eigenvalue weighted by Crippen LogP contribution is -2.21. The minimum Gasteiger partial charge on any atom is -0.462 e. The minimum absolute atomic E-state index is 0.246. The molecule has 132 valence electrons. The van der Waals surface area contributed by atoms with Gasteiger partial charge in [-0.2, -0.15) is 0 Å². The van der Waals surface area contributed by atoms with Crippen molar-refractivity contribution in [2.45, 2.75) is 51.1 Å². The molecule has 1 heterocycles. The van der Waals surface area contributed by atoms with Crippen molar-refractivity contribution in [2.75, 3.05) is 6.61 Å². The second kappa shape index (κ2) is 11.3. The van der Waals surface area contributed by atoms with E-state index in [4.69, 9.17) is 4.74 Å². The van der Waals surface area contributed by atoms with E-state index in [1.807, 2.05) is 36.9 Å². The summed E-state index contributed by atoms with van der Waals surface area (Å²) in [4.78, 5) is 18.5. The van der Waals surface area contributed by atoms with Crippen LogP contribution in [0, 0.1) is 0 Å². The van der Waals surface area contributed by atoms with Gasteiger partial charge in [-0.15, -0.1) is 18.3 Å². The molecule has 0 aromatic carbocycles. The van der Waals surface area contributed by atoms with Crippen LogP contribution < -0.4 is 0 Å². The molecular weight excluding hydrogens is 334 g/mol. The molecule has 24 heavy (non-hydrogen) atoms. The average Bonchev–Trinajstić information content (AvgIpc) is 2.56. The van der Waals surface area contributed by atoms with Gasteiger partial charge >= 0.3 is 5.97 Å². The molecule has 0 aliphatic heterocycles. The summed E-state index contributed by atoms with van der Waals surface area (Å²) in [6, 6.07) is 3.80. The van der Waals surface area contributed by atoms with Crippen LogP contribution in [0.3, 0.4) is 0 Å². The standard InChI is InChI=1S/C19H29NO2SSi/c1-6-10-16(23-17(11-7-2)24(4)5)18(19(21)22-8-3)15-12-9-13-20-14-15/h7,9,12-14,17,24H,2,6,8,10-11H2,1,3-5H3. The number of thioether (sulfide) groups is 1. The molecule has 0 radical (unpaired) electrons. The average molecular weight is 364 g/mol. The predicted molar refractivity (Wildman–Crippen MR) is 108 cm³/mol. The van der Waals surface area contributed by atoms with E-state index in [-0.39, 0.29) is 5.97 Å². The van der Waals surface area contributed by atoms with Gasteiger partial charge < -0.3 is 4.74 Å². The van der Waals surface area contributed by atoms with E-state index in [2.05, 4.69) is 31.6 Å². The topological polar surface area (TPSA) is 39.2 Å². The van der Waals surface area contributed by atoms with Crippen LogP contribution in [0.15, 0.2) is 42.1 Å². The maximum atomic E-state index is 12.6. The number of hydrogen-bond acceptors (Lipinski definition) is 4. The Labute approximate surface area is 152 Å². The molecule has 1 atom stereocenters. The molecule has 1 rings (SSSR count). The highest BCUT2D eigenvalue weighted by molar-refractivity contribution is 8.05. The largest absolute Gasteiger partial charge is 0.462 e. The molecule has 0 bridgehead atoms. The first-order valence-corrected chi connectivity index (χ1v) is 12.5. The van der Waals surface area contributed by atoms with Crippen LogP contribution in [0.25, 0.3) is 5.57 Å². The van der Waals surface area contributed by atoms with Crippen LogP contribution in [0.1, 0.15) is 38.7 Å². The summed E-state index contributed by atoms with van der Waals surface area (Å²) in [6.45, 7) is 12.9. The molecule has 0 saturated heterocycles. The number of allylic oxidation sites excluding steroid dienone is 2. The first-order chi connectivity index (χ1) is 11.5. The molecular formula is C19H29NO2SSi. The van der Waals surface area contributed by atoms with Crippen molar-refractivity contribution in [1.29, 1.82) is 0 Å². The lowest BCUT2D eigenvalue weighted by molar-refractivity contribution is -0.136. The second-order valence-corrected chi connectivity index (χ2v) is 11.0. The van der Waals surface area contributed by atoms with E-state index < -0.39 is 8.80 Å². The third-order valence-electron chi connectivity index (χ3n) is 3.62. The van der Waals surface area contributed by atoms with Gasteiger partial charge in [0.15, 0.2) is 0 Å². The molecule has 0 aliphatic carbocycles. The van der Waals surface area contributed by atoms with Crippen molar-refractivity contribution in [3.8, 4) is 0 Å². The van der Waals surface area contributed by atoms with Crippen molar-refractivity contribution in [1.82, 2.24) is 4.98 Å². The fraction of sp³-hybridized carbons (Fsp3) is 0.474. The third kappa shape index (κ3) is 6.28. The predicted octanol–water partition coefficient (Wildman–Crippen LogP) is 4.86. The van der Waals surface area contributed by atoms with Gasteiger partial charge in [0.1, 0.15) is 0 Å². The minimum atomic E-state index is -0.877. The van der Waals surface area contributed by atoms with Gasteiger partial charge in [-0.1, -0.05) is 38.6 Å². The number of carbonyl (C=O) groups excluding carboxylic acids is 1. The number of aromatic nitrogens is 1. The summed E-state index contributed by atoms with van der Waals surface area (Å²) in [5, 5.41) is 0. The Morgan fingerprint density at radius 2 is 2.21 bits per heavy atom. The fourth-order valence-electron chi connectivity index (χ4n) is 2.38. The van der Waals surface area contributed by atoms with Gasteiger partial charge in [-0.3, -0.25) is 4.98 Å². The highest BCUT2D eigenvalue weighted by atomic mass is 32.2. The summed E-state index contributed by atoms with van der Waals surface area (Å²) in [6.07, 6.45) is 8.31. The van der Waals surface area contributed by atoms with Crippen molar-refractivity contribution >= 4 is 32.1 Å². The van der Waals surface area contributed by atoms with E-state index >= 15 is 0 Å². The zero-order chi connectivity index (χ0) is 17.9.